The van der Waals surface area contributed by atoms with Gasteiger partial charge in [-0.3, -0.25) is 0 Å². The predicted octanol–water partition coefficient (Wildman–Crippen LogP) is 6.98. The minimum absolute atomic E-state index is 0.393. The maximum atomic E-state index is 13.8. The lowest BCUT2D eigenvalue weighted by molar-refractivity contribution is -0.139. The van der Waals surface area contributed by atoms with E-state index in [0.29, 0.717) is 17.7 Å². The predicted molar refractivity (Wildman–Crippen MR) is 109 cm³/mol. The summed E-state index contributed by atoms with van der Waals surface area (Å²) in [5, 5.41) is 0. The van der Waals surface area contributed by atoms with Crippen molar-refractivity contribution in [3.8, 4) is 28.0 Å². The first-order chi connectivity index (χ1) is 14.4. The van der Waals surface area contributed by atoms with Gasteiger partial charge in [-0.05, 0) is 59.4 Å². The molecule has 0 spiro atoms. The molecule has 0 aromatic heterocycles. The molecular weight excluding hydrogens is 396 g/mol. The molecule has 2 nitrogen and oxygen atoms in total. The molecule has 0 aliphatic rings. The largest absolute Gasteiger partial charge is 0.494 e. The molecule has 30 heavy (non-hydrogen) atoms. The molecule has 0 radical (unpaired) electrons. The molecule has 3 aromatic carbocycles. The molecule has 6 heteroatoms. The molecule has 0 N–H and O–H groups in total. The van der Waals surface area contributed by atoms with Gasteiger partial charge in [0.25, 0.3) is 0 Å². The van der Waals surface area contributed by atoms with Gasteiger partial charge in [-0.15, -0.1) is 0 Å². The van der Waals surface area contributed by atoms with Gasteiger partial charge < -0.3 is 9.47 Å². The van der Waals surface area contributed by atoms with Gasteiger partial charge in [0, 0.05) is 13.7 Å². The second kappa shape index (κ2) is 9.76. The van der Waals surface area contributed by atoms with E-state index in [1.54, 1.807) is 19.2 Å². The fraction of sp³-hybridized carbons (Fsp3) is 0.250. The third-order valence-corrected chi connectivity index (χ3v) is 4.69. The molecule has 0 aliphatic carbocycles. The Morgan fingerprint density at radius 3 is 1.73 bits per heavy atom. The van der Waals surface area contributed by atoms with E-state index < -0.39 is 17.6 Å². The van der Waals surface area contributed by atoms with Gasteiger partial charge in [0.05, 0.1) is 12.2 Å². The number of unbranched alkanes of at least 4 members (excludes halogenated alkanes) is 1. The number of rotatable bonds is 8. The average Bonchev–Trinajstić information content (AvgIpc) is 2.73. The quantitative estimate of drug-likeness (QED) is 0.290. The summed E-state index contributed by atoms with van der Waals surface area (Å²) in [4.78, 5) is 0. The van der Waals surface area contributed by atoms with Crippen LogP contribution in [0.1, 0.15) is 18.4 Å². The molecule has 158 valence electrons. The summed E-state index contributed by atoms with van der Waals surface area (Å²) in [5.41, 5.74) is 1.69. The Labute approximate surface area is 173 Å². The zero-order valence-electron chi connectivity index (χ0n) is 16.5. The molecule has 0 aliphatic heterocycles. The molecule has 0 heterocycles. The minimum atomic E-state index is -4.70. The van der Waals surface area contributed by atoms with E-state index in [2.05, 4.69) is 0 Å². The summed E-state index contributed by atoms with van der Waals surface area (Å²) in [6, 6.07) is 17.9. The highest BCUT2D eigenvalue weighted by Gasteiger charge is 2.33. The van der Waals surface area contributed by atoms with Gasteiger partial charge in [0.1, 0.15) is 11.6 Å². The fourth-order valence-corrected chi connectivity index (χ4v) is 3.06. The van der Waals surface area contributed by atoms with Crippen LogP contribution < -0.4 is 4.74 Å². The third kappa shape index (κ3) is 5.60. The summed E-state index contributed by atoms with van der Waals surface area (Å²) in [7, 11) is 1.67. The number of methoxy groups -OCH3 is 1. The van der Waals surface area contributed by atoms with Crippen molar-refractivity contribution in [1.29, 1.82) is 0 Å². The van der Waals surface area contributed by atoms with Crippen LogP contribution in [0, 0.1) is 5.82 Å². The van der Waals surface area contributed by atoms with Gasteiger partial charge in [-0.1, -0.05) is 42.5 Å². The van der Waals surface area contributed by atoms with Crippen LogP contribution in [0.3, 0.4) is 0 Å². The first-order valence-electron chi connectivity index (χ1n) is 9.58. The number of halogens is 4. The Morgan fingerprint density at radius 2 is 1.20 bits per heavy atom. The Hall–Kier alpha value is -2.86. The van der Waals surface area contributed by atoms with Crippen LogP contribution in [0.2, 0.25) is 0 Å². The van der Waals surface area contributed by atoms with Crippen LogP contribution in [-0.2, 0) is 10.9 Å². The molecule has 0 fully saturated rings. The fourth-order valence-electron chi connectivity index (χ4n) is 3.06. The molecule has 0 unspecified atom stereocenters. The Morgan fingerprint density at radius 1 is 0.700 bits per heavy atom. The van der Waals surface area contributed by atoms with E-state index in [-0.39, 0.29) is 0 Å². The number of hydrogen-bond donors (Lipinski definition) is 0. The topological polar surface area (TPSA) is 18.5 Å². The van der Waals surface area contributed by atoms with Gasteiger partial charge in [-0.25, -0.2) is 4.39 Å². The van der Waals surface area contributed by atoms with Gasteiger partial charge in [0.2, 0.25) is 0 Å². The second-order valence-corrected chi connectivity index (χ2v) is 6.84. The normalized spacial score (nSPS) is 11.5. The van der Waals surface area contributed by atoms with Crippen LogP contribution in [-0.4, -0.2) is 20.3 Å². The Balaban J connectivity index is 1.66. The highest BCUT2D eigenvalue weighted by Crippen LogP contribution is 2.34. The van der Waals surface area contributed by atoms with Crippen LogP contribution in [0.15, 0.2) is 66.7 Å². The van der Waals surface area contributed by atoms with Gasteiger partial charge in [0.15, 0.2) is 0 Å². The first kappa shape index (κ1) is 21.8. The summed E-state index contributed by atoms with van der Waals surface area (Å²) in [6.45, 7) is 1.35. The van der Waals surface area contributed by atoms with Gasteiger partial charge >= 0.3 is 6.18 Å². The lowest BCUT2D eigenvalue weighted by atomic mass is 9.99. The maximum Gasteiger partial charge on any atom is 0.419 e. The van der Waals surface area contributed by atoms with Crippen LogP contribution >= 0.6 is 0 Å². The monoisotopic (exact) mass is 418 g/mol. The first-order valence-corrected chi connectivity index (χ1v) is 9.58. The molecule has 3 rings (SSSR count). The van der Waals surface area contributed by atoms with Gasteiger partial charge in [-0.2, -0.15) is 13.2 Å². The van der Waals surface area contributed by atoms with Crippen molar-refractivity contribution < 1.29 is 27.0 Å². The summed E-state index contributed by atoms with van der Waals surface area (Å²) >= 11 is 0. The van der Waals surface area contributed by atoms with Crippen molar-refractivity contribution in [3.05, 3.63) is 78.1 Å². The van der Waals surface area contributed by atoms with E-state index in [1.807, 2.05) is 36.4 Å². The molecule has 0 amide bonds. The van der Waals surface area contributed by atoms with Crippen LogP contribution in [0.25, 0.3) is 22.3 Å². The smallest absolute Gasteiger partial charge is 0.419 e. The molecular formula is C24H22F4O2. The number of benzene rings is 3. The van der Waals surface area contributed by atoms with Crippen molar-refractivity contribution in [2.45, 2.75) is 19.0 Å². The molecule has 3 aromatic rings. The van der Waals surface area contributed by atoms with Crippen molar-refractivity contribution in [2.24, 2.45) is 0 Å². The average molecular weight is 418 g/mol. The van der Waals surface area contributed by atoms with Crippen molar-refractivity contribution in [3.63, 3.8) is 0 Å². The maximum absolute atomic E-state index is 13.8. The minimum Gasteiger partial charge on any atom is -0.494 e. The van der Waals surface area contributed by atoms with Crippen molar-refractivity contribution >= 4 is 0 Å². The third-order valence-electron chi connectivity index (χ3n) is 4.69. The molecule has 0 bridgehead atoms. The number of ether oxygens (including phenoxy) is 2. The van der Waals surface area contributed by atoms with E-state index in [9.17, 15) is 17.6 Å². The molecule has 0 saturated carbocycles. The van der Waals surface area contributed by atoms with E-state index in [1.165, 1.54) is 6.07 Å². The van der Waals surface area contributed by atoms with E-state index in [0.717, 1.165) is 48.5 Å². The van der Waals surface area contributed by atoms with E-state index in [4.69, 9.17) is 9.47 Å². The standard InChI is InChI=1S/C24H22F4O2/c1-29-14-2-3-15-30-21-11-8-18(9-12-21)17-4-6-19(7-5-17)20-10-13-22(23(25)16-20)24(26,27)28/h4-13,16H,2-3,14-15H2,1H3. The zero-order chi connectivity index (χ0) is 21.6. The highest BCUT2D eigenvalue weighted by molar-refractivity contribution is 5.71. The zero-order valence-corrected chi connectivity index (χ0v) is 16.5. The Bertz CT molecular complexity index is 948. The van der Waals surface area contributed by atoms with Crippen LogP contribution in [0.5, 0.6) is 5.75 Å². The molecule has 0 atom stereocenters. The lowest BCUT2D eigenvalue weighted by Gasteiger charge is -2.10. The number of hydrogen-bond acceptors (Lipinski definition) is 2. The van der Waals surface area contributed by atoms with Crippen molar-refractivity contribution in [1.82, 2.24) is 0 Å². The Kier molecular flexibility index (Phi) is 7.11. The summed E-state index contributed by atoms with van der Waals surface area (Å²) < 4.78 is 62.7. The highest BCUT2D eigenvalue weighted by atomic mass is 19.4. The van der Waals surface area contributed by atoms with Crippen molar-refractivity contribution in [2.75, 3.05) is 20.3 Å². The molecule has 0 saturated heterocycles. The summed E-state index contributed by atoms with van der Waals surface area (Å²) in [5.74, 6) is -0.491. The summed E-state index contributed by atoms with van der Waals surface area (Å²) in [6.07, 6.45) is -2.84. The van der Waals surface area contributed by atoms with E-state index >= 15 is 0 Å². The number of alkyl halides is 3. The lowest BCUT2D eigenvalue weighted by Crippen LogP contribution is -2.07. The second-order valence-electron chi connectivity index (χ2n) is 6.84. The SMILES string of the molecule is COCCCCOc1ccc(-c2ccc(-c3ccc(C(F)(F)F)c(F)c3)cc2)cc1. The van der Waals surface area contributed by atoms with Crippen LogP contribution in [0.4, 0.5) is 17.6 Å².